The van der Waals surface area contributed by atoms with Gasteiger partial charge < -0.3 is 24.8 Å². The van der Waals surface area contributed by atoms with E-state index in [1.54, 1.807) is 54.7 Å². The summed E-state index contributed by atoms with van der Waals surface area (Å²) in [4.78, 5) is 41.3. The van der Waals surface area contributed by atoms with Crippen molar-refractivity contribution in [3.63, 3.8) is 0 Å². The van der Waals surface area contributed by atoms with Crippen molar-refractivity contribution in [2.24, 2.45) is 4.99 Å². The fraction of sp³-hybridized carbons (Fsp3) is 0.226. The smallest absolute Gasteiger partial charge is 0.387 e. The van der Waals surface area contributed by atoms with Crippen LogP contribution in [0.5, 0.6) is 5.75 Å². The van der Waals surface area contributed by atoms with Crippen LogP contribution in [0.1, 0.15) is 10.4 Å². The second kappa shape index (κ2) is 13.5. The van der Waals surface area contributed by atoms with E-state index < -0.39 is 12.5 Å². The number of allylic oxidation sites excluding steroid dienone is 1. The van der Waals surface area contributed by atoms with Crippen LogP contribution in [0.15, 0.2) is 83.8 Å². The van der Waals surface area contributed by atoms with Crippen molar-refractivity contribution in [2.75, 3.05) is 45.6 Å². The zero-order chi connectivity index (χ0) is 31.4. The van der Waals surface area contributed by atoms with Crippen LogP contribution in [-0.2, 0) is 4.79 Å². The van der Waals surface area contributed by atoms with Crippen LogP contribution in [-0.4, -0.2) is 84.6 Å². The second-order valence-corrected chi connectivity index (χ2v) is 11.5. The molecular weight excluding hydrogens is 610 g/mol. The van der Waals surface area contributed by atoms with E-state index in [0.717, 1.165) is 24.4 Å². The largest absolute Gasteiger partial charge is 0.434 e. The number of ether oxygens (including phenoxy) is 1. The van der Waals surface area contributed by atoms with Gasteiger partial charge in [0, 0.05) is 67.4 Å². The maximum absolute atomic E-state index is 13.5. The highest BCUT2D eigenvalue weighted by Crippen LogP contribution is 2.43. The summed E-state index contributed by atoms with van der Waals surface area (Å²) in [5, 5.41) is 3.86. The number of hydrogen-bond donors (Lipinski definition) is 1. The van der Waals surface area contributed by atoms with Gasteiger partial charge in [0.15, 0.2) is 0 Å². The van der Waals surface area contributed by atoms with Gasteiger partial charge in [0.2, 0.25) is 0 Å². The van der Waals surface area contributed by atoms with E-state index in [4.69, 9.17) is 21.3 Å². The Labute approximate surface area is 262 Å². The molecule has 1 aromatic heterocycles. The minimum atomic E-state index is -3.10. The number of likely N-dealkylation sites (N-methyl/N-ethyl adjacent to an activating group) is 1. The summed E-state index contributed by atoms with van der Waals surface area (Å²) in [6.45, 7) is 3.60. The molecule has 1 saturated heterocycles. The van der Waals surface area contributed by atoms with Gasteiger partial charge >= 0.3 is 6.61 Å². The van der Waals surface area contributed by atoms with Crippen molar-refractivity contribution in [3.8, 4) is 27.6 Å². The number of alkyl halides is 2. The van der Waals surface area contributed by atoms with Crippen LogP contribution in [0, 0.1) is 0 Å². The molecule has 2 aliphatic heterocycles. The predicted octanol–water partition coefficient (Wildman–Crippen LogP) is 5.99. The summed E-state index contributed by atoms with van der Waals surface area (Å²) in [5.41, 5.74) is 1.74. The number of amides is 2. The maximum atomic E-state index is 13.5. The Morgan fingerprint density at radius 3 is 2.50 bits per heavy atom. The third kappa shape index (κ3) is 6.88. The standard InChI is InChI=1S/C31H29ClF2N6O3S/c1-4-22(26-35-12-5-13-39(26)3)27(41)37-29-25(23-18-21(32)10-11-24(23)43-31(33)34)36-28(44-29)19-6-8-20(9-7-19)30(42)40-16-14-38(2)15-17-40/h4-13,18,31H,1,14-17H2,2-3H3,(H,37,41). The molecule has 2 amide bonds. The lowest BCUT2D eigenvalue weighted by molar-refractivity contribution is -0.112. The Morgan fingerprint density at radius 2 is 1.84 bits per heavy atom. The predicted molar refractivity (Wildman–Crippen MR) is 169 cm³/mol. The van der Waals surface area contributed by atoms with E-state index in [0.29, 0.717) is 35.0 Å². The molecule has 228 valence electrons. The first-order chi connectivity index (χ1) is 21.1. The lowest BCUT2D eigenvalue weighted by Crippen LogP contribution is -2.47. The molecule has 0 saturated carbocycles. The molecule has 1 fully saturated rings. The summed E-state index contributed by atoms with van der Waals surface area (Å²) in [6, 6.07) is 11.2. The average Bonchev–Trinajstić information content (AvgIpc) is 3.42. The third-order valence-corrected chi connectivity index (χ3v) is 8.31. The molecule has 1 N–H and O–H groups in total. The fourth-order valence-electron chi connectivity index (χ4n) is 4.70. The van der Waals surface area contributed by atoms with Gasteiger partial charge in [0.05, 0.1) is 5.57 Å². The highest BCUT2D eigenvalue weighted by atomic mass is 35.5. The SMILES string of the molecule is C=CC(C(=O)Nc1sc(-c2ccc(C(=O)N3CCN(C)CC3)cc2)nc1-c1cc(Cl)ccc1OC(F)F)=C1N=CC=CN1C. The van der Waals surface area contributed by atoms with Gasteiger partial charge in [-0.3, -0.25) is 9.59 Å². The molecule has 0 atom stereocenters. The number of nitrogens with one attached hydrogen (secondary N) is 1. The summed E-state index contributed by atoms with van der Waals surface area (Å²) in [7, 11) is 3.77. The number of carbonyl (C=O) groups is 2. The Bertz CT molecular complexity index is 1660. The van der Waals surface area contributed by atoms with E-state index in [1.165, 1.54) is 24.3 Å². The number of aromatic nitrogens is 1. The number of rotatable bonds is 8. The first-order valence-corrected chi connectivity index (χ1v) is 14.8. The number of aliphatic imine (C=N–C) groups is 1. The van der Waals surface area contributed by atoms with Crippen LogP contribution in [0.2, 0.25) is 5.02 Å². The molecule has 3 heterocycles. The van der Waals surface area contributed by atoms with Crippen LogP contribution >= 0.6 is 22.9 Å². The van der Waals surface area contributed by atoms with Gasteiger partial charge in [-0.2, -0.15) is 8.78 Å². The number of nitrogens with zero attached hydrogens (tertiary/aromatic N) is 5. The molecule has 0 bridgehead atoms. The van der Waals surface area contributed by atoms with Gasteiger partial charge in [-0.25, -0.2) is 9.98 Å². The number of hydrogen-bond acceptors (Lipinski definition) is 8. The van der Waals surface area contributed by atoms with Crippen LogP contribution in [0.25, 0.3) is 21.8 Å². The van der Waals surface area contributed by atoms with Crippen molar-refractivity contribution in [1.29, 1.82) is 0 Å². The van der Waals surface area contributed by atoms with Gasteiger partial charge in [0.1, 0.15) is 27.3 Å². The molecular formula is C31H29ClF2N6O3S. The molecule has 2 aliphatic rings. The first-order valence-electron chi connectivity index (χ1n) is 13.6. The van der Waals surface area contributed by atoms with Crippen LogP contribution < -0.4 is 10.1 Å². The molecule has 44 heavy (non-hydrogen) atoms. The minimum absolute atomic E-state index is 0.0553. The number of carbonyl (C=O) groups excluding carboxylic acids is 2. The van der Waals surface area contributed by atoms with Crippen molar-refractivity contribution in [3.05, 3.63) is 89.4 Å². The Morgan fingerprint density at radius 1 is 1.11 bits per heavy atom. The highest BCUT2D eigenvalue weighted by molar-refractivity contribution is 7.19. The molecule has 0 aliphatic carbocycles. The zero-order valence-corrected chi connectivity index (χ0v) is 25.5. The second-order valence-electron chi connectivity index (χ2n) is 10.0. The number of benzene rings is 2. The molecule has 0 unspecified atom stereocenters. The van der Waals surface area contributed by atoms with Crippen molar-refractivity contribution >= 4 is 46.0 Å². The van der Waals surface area contributed by atoms with Crippen molar-refractivity contribution in [2.45, 2.75) is 6.61 Å². The van der Waals surface area contributed by atoms with Crippen LogP contribution in [0.4, 0.5) is 13.8 Å². The number of halogens is 3. The minimum Gasteiger partial charge on any atom is -0.434 e. The number of thiazole rings is 1. The fourth-order valence-corrected chi connectivity index (χ4v) is 5.86. The lowest BCUT2D eigenvalue weighted by atomic mass is 10.1. The summed E-state index contributed by atoms with van der Waals surface area (Å²) in [5.74, 6) is -0.372. The van der Waals surface area contributed by atoms with Gasteiger partial charge in [0.25, 0.3) is 11.8 Å². The van der Waals surface area contributed by atoms with Crippen molar-refractivity contribution in [1.82, 2.24) is 19.7 Å². The Hall–Kier alpha value is -4.39. The normalized spacial score (nSPS) is 16.3. The van der Waals surface area contributed by atoms with E-state index in [9.17, 15) is 18.4 Å². The number of piperazine rings is 1. The summed E-state index contributed by atoms with van der Waals surface area (Å²) < 4.78 is 31.4. The zero-order valence-electron chi connectivity index (χ0n) is 24.0. The highest BCUT2D eigenvalue weighted by Gasteiger charge is 2.25. The van der Waals surface area contributed by atoms with Gasteiger partial charge in [-0.15, -0.1) is 0 Å². The Kier molecular flexibility index (Phi) is 9.52. The van der Waals surface area contributed by atoms with Crippen LogP contribution in [0.3, 0.4) is 0 Å². The molecule has 0 spiro atoms. The first kappa shape index (κ1) is 31.0. The van der Waals surface area contributed by atoms with Gasteiger partial charge in [-0.05, 0) is 43.5 Å². The molecule has 13 heteroatoms. The quantitative estimate of drug-likeness (QED) is 0.305. The van der Waals surface area contributed by atoms with E-state index in [1.807, 2.05) is 11.9 Å². The lowest BCUT2D eigenvalue weighted by Gasteiger charge is -2.32. The molecule has 2 aromatic carbocycles. The molecule has 0 radical (unpaired) electrons. The van der Waals surface area contributed by atoms with E-state index in [-0.39, 0.29) is 38.5 Å². The monoisotopic (exact) mass is 638 g/mol. The van der Waals surface area contributed by atoms with Gasteiger partial charge in [-0.1, -0.05) is 47.7 Å². The van der Waals surface area contributed by atoms with E-state index >= 15 is 0 Å². The van der Waals surface area contributed by atoms with E-state index in [2.05, 4.69) is 21.8 Å². The van der Waals surface area contributed by atoms with Crippen molar-refractivity contribution < 1.29 is 23.1 Å². The average molecular weight is 639 g/mol. The number of anilines is 1. The topological polar surface area (TPSA) is 90.4 Å². The molecule has 5 rings (SSSR count). The summed E-state index contributed by atoms with van der Waals surface area (Å²) >= 11 is 7.39. The molecule has 3 aromatic rings. The molecule has 9 nitrogen and oxygen atoms in total. The third-order valence-electron chi connectivity index (χ3n) is 7.05. The Balaban J connectivity index is 1.52. The maximum Gasteiger partial charge on any atom is 0.387 e. The summed E-state index contributed by atoms with van der Waals surface area (Å²) in [6.07, 6.45) is 6.41.